The molecule has 114 valence electrons. The van der Waals surface area contributed by atoms with Crippen LogP contribution in [0, 0.1) is 10.5 Å². The lowest BCUT2D eigenvalue weighted by atomic mass is 10.2. The molecule has 4 nitrogen and oxygen atoms in total. The van der Waals surface area contributed by atoms with E-state index in [0.717, 1.165) is 9.13 Å². The van der Waals surface area contributed by atoms with E-state index in [9.17, 15) is 9.59 Å². The molecule has 0 aliphatic heterocycles. The average molecular weight is 449 g/mol. The number of carbonyl (C=O) groups excluding carboxylic acids is 2. The third kappa shape index (κ3) is 4.34. The molecule has 2 amide bonds. The number of nitrogens with one attached hydrogen (secondary N) is 2. The molecule has 0 aliphatic rings. The second-order valence-corrected chi connectivity index (χ2v) is 6.56. The van der Waals surface area contributed by atoms with E-state index in [0.29, 0.717) is 21.4 Å². The zero-order valence-electron chi connectivity index (χ0n) is 11.4. The summed E-state index contributed by atoms with van der Waals surface area (Å²) in [5, 5.41) is 5.71. The predicted octanol–water partition coefficient (Wildman–Crippen LogP) is 4.48. The van der Waals surface area contributed by atoms with E-state index in [1.165, 1.54) is 6.07 Å². The molecular formula is C15H11Cl2IN2O2. The minimum absolute atomic E-state index is 0.299. The molecule has 0 radical (unpaired) electrons. The SMILES string of the molecule is Cc1cc(I)ccc1NC(=O)C(=O)Nc1ccc(Cl)c(Cl)c1. The molecule has 2 aromatic carbocycles. The molecule has 0 atom stereocenters. The first kappa shape index (κ1) is 17.1. The van der Waals surface area contributed by atoms with Gasteiger partial charge in [-0.05, 0) is 71.5 Å². The molecule has 2 aromatic rings. The van der Waals surface area contributed by atoms with Crippen molar-refractivity contribution in [2.75, 3.05) is 10.6 Å². The first-order valence-corrected chi connectivity index (χ1v) is 8.04. The Morgan fingerprint density at radius 1 is 0.955 bits per heavy atom. The first-order chi connectivity index (χ1) is 10.4. The van der Waals surface area contributed by atoms with Gasteiger partial charge >= 0.3 is 11.8 Å². The molecule has 0 unspecified atom stereocenters. The molecule has 0 fully saturated rings. The fourth-order valence-corrected chi connectivity index (χ4v) is 2.65. The number of anilines is 2. The lowest BCUT2D eigenvalue weighted by Crippen LogP contribution is -2.29. The zero-order valence-corrected chi connectivity index (χ0v) is 15.1. The van der Waals surface area contributed by atoms with Crippen molar-refractivity contribution >= 4 is 69.0 Å². The third-order valence-corrected chi connectivity index (χ3v) is 4.23. The van der Waals surface area contributed by atoms with Gasteiger partial charge in [0, 0.05) is 14.9 Å². The third-order valence-electron chi connectivity index (χ3n) is 2.82. The van der Waals surface area contributed by atoms with Gasteiger partial charge < -0.3 is 10.6 Å². The highest BCUT2D eigenvalue weighted by molar-refractivity contribution is 14.1. The number of benzene rings is 2. The Hall–Kier alpha value is -1.31. The molecule has 0 heterocycles. The Morgan fingerprint density at radius 2 is 1.64 bits per heavy atom. The highest BCUT2D eigenvalue weighted by atomic mass is 127. The smallest absolute Gasteiger partial charge is 0.314 e. The maximum atomic E-state index is 11.9. The summed E-state index contributed by atoms with van der Waals surface area (Å²) in [5.74, 6) is -1.54. The molecule has 0 saturated heterocycles. The summed E-state index contributed by atoms with van der Waals surface area (Å²) >= 11 is 13.8. The lowest BCUT2D eigenvalue weighted by molar-refractivity contribution is -0.133. The summed E-state index contributed by atoms with van der Waals surface area (Å²) in [6.07, 6.45) is 0. The lowest BCUT2D eigenvalue weighted by Gasteiger charge is -2.09. The van der Waals surface area contributed by atoms with Crippen LogP contribution in [-0.2, 0) is 9.59 Å². The molecular weight excluding hydrogens is 438 g/mol. The van der Waals surface area contributed by atoms with E-state index < -0.39 is 11.8 Å². The summed E-state index contributed by atoms with van der Waals surface area (Å²) < 4.78 is 1.05. The van der Waals surface area contributed by atoms with Gasteiger partial charge in [0.25, 0.3) is 0 Å². The first-order valence-electron chi connectivity index (χ1n) is 6.20. The van der Waals surface area contributed by atoms with Crippen molar-refractivity contribution < 1.29 is 9.59 Å². The molecule has 2 N–H and O–H groups in total. The predicted molar refractivity (Wildman–Crippen MR) is 97.6 cm³/mol. The van der Waals surface area contributed by atoms with Gasteiger partial charge in [-0.2, -0.15) is 0 Å². The van der Waals surface area contributed by atoms with E-state index in [1.54, 1.807) is 18.2 Å². The number of amides is 2. The second-order valence-electron chi connectivity index (χ2n) is 4.50. The van der Waals surface area contributed by atoms with Crippen LogP contribution in [0.25, 0.3) is 0 Å². The molecule has 2 rings (SSSR count). The Labute approximate surface area is 151 Å². The summed E-state index contributed by atoms with van der Waals surface area (Å²) in [7, 11) is 0. The summed E-state index contributed by atoms with van der Waals surface area (Å²) in [6, 6.07) is 10.1. The minimum atomic E-state index is -0.781. The summed E-state index contributed by atoms with van der Waals surface area (Å²) in [6.45, 7) is 1.86. The van der Waals surface area contributed by atoms with Crippen LogP contribution in [-0.4, -0.2) is 11.8 Å². The highest BCUT2D eigenvalue weighted by Crippen LogP contribution is 2.25. The van der Waals surface area contributed by atoms with Gasteiger partial charge in [-0.1, -0.05) is 23.2 Å². The van der Waals surface area contributed by atoms with Crippen LogP contribution < -0.4 is 10.6 Å². The molecule has 0 aromatic heterocycles. The van der Waals surface area contributed by atoms with Crippen molar-refractivity contribution in [1.29, 1.82) is 0 Å². The molecule has 0 bridgehead atoms. The van der Waals surface area contributed by atoms with Crippen molar-refractivity contribution in [2.24, 2.45) is 0 Å². The van der Waals surface area contributed by atoms with Crippen LogP contribution in [0.3, 0.4) is 0 Å². The van der Waals surface area contributed by atoms with Gasteiger partial charge in [0.15, 0.2) is 0 Å². The molecule has 0 saturated carbocycles. The zero-order chi connectivity index (χ0) is 16.3. The van der Waals surface area contributed by atoms with E-state index in [4.69, 9.17) is 23.2 Å². The van der Waals surface area contributed by atoms with Gasteiger partial charge in [0.05, 0.1) is 10.0 Å². The largest absolute Gasteiger partial charge is 0.318 e. The Balaban J connectivity index is 2.05. The number of carbonyl (C=O) groups is 2. The second kappa shape index (κ2) is 7.30. The molecule has 0 spiro atoms. The number of halogens is 3. The van der Waals surface area contributed by atoms with Crippen molar-refractivity contribution in [1.82, 2.24) is 0 Å². The van der Waals surface area contributed by atoms with Crippen LogP contribution in [0.1, 0.15) is 5.56 Å². The van der Waals surface area contributed by atoms with Gasteiger partial charge in [-0.15, -0.1) is 0 Å². The topological polar surface area (TPSA) is 58.2 Å². The number of hydrogen-bond acceptors (Lipinski definition) is 2. The van der Waals surface area contributed by atoms with Crippen molar-refractivity contribution in [3.8, 4) is 0 Å². The quantitative estimate of drug-likeness (QED) is 0.525. The number of hydrogen-bond donors (Lipinski definition) is 2. The minimum Gasteiger partial charge on any atom is -0.318 e. The van der Waals surface area contributed by atoms with Crippen molar-refractivity contribution in [2.45, 2.75) is 6.92 Å². The van der Waals surface area contributed by atoms with Crippen LogP contribution in [0.15, 0.2) is 36.4 Å². The van der Waals surface area contributed by atoms with E-state index >= 15 is 0 Å². The standard InChI is InChI=1S/C15H11Cl2IN2O2/c1-8-6-9(18)2-5-13(8)20-15(22)14(21)19-10-3-4-11(16)12(17)7-10/h2-7H,1H3,(H,19,21)(H,20,22). The fraction of sp³-hybridized carbons (Fsp3) is 0.0667. The molecule has 22 heavy (non-hydrogen) atoms. The Morgan fingerprint density at radius 3 is 2.27 bits per heavy atom. The van der Waals surface area contributed by atoms with Crippen molar-refractivity contribution in [3.05, 3.63) is 55.6 Å². The van der Waals surface area contributed by atoms with Crippen molar-refractivity contribution in [3.63, 3.8) is 0 Å². The van der Waals surface area contributed by atoms with Gasteiger partial charge in [-0.3, -0.25) is 9.59 Å². The van der Waals surface area contributed by atoms with Gasteiger partial charge in [-0.25, -0.2) is 0 Å². The maximum absolute atomic E-state index is 11.9. The Bertz CT molecular complexity index is 750. The highest BCUT2D eigenvalue weighted by Gasteiger charge is 2.15. The Kier molecular flexibility index (Phi) is 5.66. The van der Waals surface area contributed by atoms with E-state index in [-0.39, 0.29) is 0 Å². The number of rotatable bonds is 2. The van der Waals surface area contributed by atoms with E-state index in [2.05, 4.69) is 33.2 Å². The van der Waals surface area contributed by atoms with Crippen LogP contribution >= 0.6 is 45.8 Å². The summed E-state index contributed by atoms with van der Waals surface area (Å²) in [5.41, 5.74) is 1.87. The summed E-state index contributed by atoms with van der Waals surface area (Å²) in [4.78, 5) is 23.8. The van der Waals surface area contributed by atoms with E-state index in [1.807, 2.05) is 19.1 Å². The monoisotopic (exact) mass is 448 g/mol. The fourth-order valence-electron chi connectivity index (χ4n) is 1.71. The molecule has 0 aliphatic carbocycles. The van der Waals surface area contributed by atoms with Crippen LogP contribution in [0.4, 0.5) is 11.4 Å². The normalized spacial score (nSPS) is 10.2. The molecule has 7 heteroatoms. The maximum Gasteiger partial charge on any atom is 0.314 e. The number of aryl methyl sites for hydroxylation is 1. The van der Waals surface area contributed by atoms with Crippen LogP contribution in [0.2, 0.25) is 10.0 Å². The van der Waals surface area contributed by atoms with Gasteiger partial charge in [0.2, 0.25) is 0 Å². The van der Waals surface area contributed by atoms with Crippen LogP contribution in [0.5, 0.6) is 0 Å². The van der Waals surface area contributed by atoms with Gasteiger partial charge in [0.1, 0.15) is 0 Å². The average Bonchev–Trinajstić information content (AvgIpc) is 2.45.